The largest absolute Gasteiger partial charge is 0.335 e. The quantitative estimate of drug-likeness (QED) is 0.236. The Morgan fingerprint density at radius 2 is 1.30 bits per heavy atom. The summed E-state index contributed by atoms with van der Waals surface area (Å²) in [7, 11) is 2.15. The van der Waals surface area contributed by atoms with E-state index in [-0.39, 0.29) is 24.2 Å². The van der Waals surface area contributed by atoms with Crippen LogP contribution in [-0.4, -0.2) is 35.2 Å². The van der Waals surface area contributed by atoms with E-state index in [1.54, 1.807) is 12.4 Å². The number of benzene rings is 4. The van der Waals surface area contributed by atoms with Gasteiger partial charge in [-0.15, -0.1) is 0 Å². The predicted octanol–water partition coefficient (Wildman–Crippen LogP) is 6.85. The number of hydrogen-bond acceptors (Lipinski definition) is 7. The Balaban J connectivity index is 1.35. The first-order valence-electron chi connectivity index (χ1n) is 14.7. The van der Waals surface area contributed by atoms with Gasteiger partial charge in [0.25, 0.3) is 0 Å². The molecule has 208 valence electrons. The molecule has 4 unspecified atom stereocenters. The van der Waals surface area contributed by atoms with E-state index < -0.39 is 0 Å². The van der Waals surface area contributed by atoms with Crippen LogP contribution in [0.1, 0.15) is 22.6 Å². The molecular weight excluding hydrogens is 530 g/mol. The van der Waals surface area contributed by atoms with Gasteiger partial charge in [-0.1, -0.05) is 91.5 Å². The number of anilines is 5. The third kappa shape index (κ3) is 3.27. The number of allylic oxidation sites excluding steroid dienone is 1. The zero-order valence-corrected chi connectivity index (χ0v) is 23.7. The fourth-order valence-corrected chi connectivity index (χ4v) is 7.68. The van der Waals surface area contributed by atoms with Crippen LogP contribution < -0.4 is 19.7 Å². The third-order valence-corrected chi connectivity index (χ3v) is 9.37. The van der Waals surface area contributed by atoms with Crippen LogP contribution in [0.15, 0.2) is 133 Å². The van der Waals surface area contributed by atoms with Crippen molar-refractivity contribution in [2.45, 2.75) is 18.2 Å². The second-order valence-electron chi connectivity index (χ2n) is 11.5. The van der Waals surface area contributed by atoms with Crippen molar-refractivity contribution in [3.8, 4) is 0 Å². The molecule has 7 heteroatoms. The van der Waals surface area contributed by atoms with E-state index in [1.165, 1.54) is 5.56 Å². The lowest BCUT2D eigenvalue weighted by molar-refractivity contribution is 0.316. The van der Waals surface area contributed by atoms with E-state index >= 15 is 0 Å². The van der Waals surface area contributed by atoms with Crippen LogP contribution in [0.5, 0.6) is 0 Å². The van der Waals surface area contributed by atoms with Gasteiger partial charge in [-0.25, -0.2) is 15.0 Å². The molecule has 0 bridgehead atoms. The van der Waals surface area contributed by atoms with Gasteiger partial charge in [-0.05, 0) is 35.4 Å². The molecule has 0 spiro atoms. The fourth-order valence-electron chi connectivity index (χ4n) is 7.68. The van der Waals surface area contributed by atoms with Crippen molar-refractivity contribution in [3.05, 3.63) is 145 Å². The lowest BCUT2D eigenvalue weighted by Crippen LogP contribution is -2.60. The summed E-state index contributed by atoms with van der Waals surface area (Å²) in [6, 6.07) is 38.5. The highest BCUT2D eigenvalue weighted by atomic mass is 15.6. The van der Waals surface area contributed by atoms with Gasteiger partial charge in [-0.3, -0.25) is 0 Å². The number of nitrogens with zero attached hydrogens (tertiary/aromatic N) is 7. The first kappa shape index (κ1) is 24.2. The average molecular weight is 560 g/mol. The Kier molecular flexibility index (Phi) is 5.08. The molecule has 9 rings (SSSR count). The zero-order valence-electron chi connectivity index (χ0n) is 23.7. The summed E-state index contributed by atoms with van der Waals surface area (Å²) in [5.41, 5.74) is 7.89. The molecule has 5 aromatic rings. The lowest BCUT2D eigenvalue weighted by Gasteiger charge is -2.49. The molecule has 0 fully saturated rings. The Hall–Kier alpha value is -5.43. The molecule has 7 nitrogen and oxygen atoms in total. The highest BCUT2D eigenvalue weighted by Crippen LogP contribution is 2.59. The van der Waals surface area contributed by atoms with Crippen molar-refractivity contribution >= 4 is 40.1 Å². The minimum atomic E-state index is -0.146. The number of para-hydroxylation sites is 3. The topological polar surface area (TPSA) is 51.1 Å². The molecule has 4 aromatic carbocycles. The maximum atomic E-state index is 5.44. The first-order valence-corrected chi connectivity index (χ1v) is 14.7. The minimum absolute atomic E-state index is 0.000897. The van der Waals surface area contributed by atoms with Crippen molar-refractivity contribution in [1.82, 2.24) is 9.97 Å². The molecule has 0 aliphatic carbocycles. The summed E-state index contributed by atoms with van der Waals surface area (Å²) in [4.78, 5) is 16.9. The van der Waals surface area contributed by atoms with Crippen LogP contribution in [0, 0.1) is 5.92 Å². The highest BCUT2D eigenvalue weighted by molar-refractivity contribution is 6.13. The van der Waals surface area contributed by atoms with Gasteiger partial charge in [0.05, 0.1) is 17.3 Å². The summed E-state index contributed by atoms with van der Waals surface area (Å²) in [5, 5.41) is 7.70. The molecular formula is C36H29N7. The summed E-state index contributed by atoms with van der Waals surface area (Å²) in [6.45, 7) is 4.84. The average Bonchev–Trinajstić information content (AvgIpc) is 3.57. The molecule has 0 saturated carbocycles. The van der Waals surface area contributed by atoms with Crippen molar-refractivity contribution in [2.75, 3.05) is 26.8 Å². The number of amidine groups is 1. The Morgan fingerprint density at radius 1 is 0.651 bits per heavy atom. The van der Waals surface area contributed by atoms with Gasteiger partial charge >= 0.3 is 0 Å². The Bertz CT molecular complexity index is 1920. The van der Waals surface area contributed by atoms with Crippen LogP contribution >= 0.6 is 0 Å². The van der Waals surface area contributed by atoms with Crippen LogP contribution in [-0.2, 0) is 0 Å². The van der Waals surface area contributed by atoms with E-state index in [0.29, 0.717) is 0 Å². The van der Waals surface area contributed by atoms with Crippen LogP contribution in [0.3, 0.4) is 0 Å². The Labute approximate surface area is 250 Å². The van der Waals surface area contributed by atoms with Crippen LogP contribution in [0.2, 0.25) is 0 Å². The molecule has 5 heterocycles. The fraction of sp³-hybridized carbons (Fsp3) is 0.139. The zero-order chi connectivity index (χ0) is 28.7. The molecule has 1 aromatic heterocycles. The molecule has 4 atom stereocenters. The molecule has 0 N–H and O–H groups in total. The van der Waals surface area contributed by atoms with Gasteiger partial charge in [-0.2, -0.15) is 5.10 Å². The van der Waals surface area contributed by atoms with Crippen molar-refractivity contribution in [2.24, 2.45) is 11.0 Å². The summed E-state index contributed by atoms with van der Waals surface area (Å²) in [6.07, 6.45) is 3.34. The second-order valence-corrected chi connectivity index (χ2v) is 11.5. The highest BCUT2D eigenvalue weighted by Gasteiger charge is 2.58. The van der Waals surface area contributed by atoms with Gasteiger partial charge in [0.1, 0.15) is 12.3 Å². The van der Waals surface area contributed by atoms with E-state index in [2.05, 4.69) is 136 Å². The second kappa shape index (κ2) is 9.03. The maximum absolute atomic E-state index is 5.44. The molecule has 0 radical (unpaired) electrons. The monoisotopic (exact) mass is 559 g/mol. The van der Waals surface area contributed by atoms with E-state index in [4.69, 9.17) is 21.6 Å². The minimum Gasteiger partial charge on any atom is -0.335 e. The number of rotatable bonds is 2. The number of fused-ring (bicyclic) bond motifs is 12. The normalized spacial score (nSPS) is 23.0. The number of hydrogen-bond donors (Lipinski definition) is 0. The predicted molar refractivity (Wildman–Crippen MR) is 173 cm³/mol. The van der Waals surface area contributed by atoms with E-state index in [0.717, 1.165) is 51.2 Å². The van der Waals surface area contributed by atoms with Crippen molar-refractivity contribution in [3.63, 3.8) is 0 Å². The molecule has 0 saturated heterocycles. The van der Waals surface area contributed by atoms with E-state index in [9.17, 15) is 0 Å². The number of hydrazone groups is 1. The molecule has 4 aliphatic rings. The van der Waals surface area contributed by atoms with Crippen molar-refractivity contribution in [1.29, 1.82) is 0 Å². The van der Waals surface area contributed by atoms with Gasteiger partial charge in [0.15, 0.2) is 17.5 Å². The van der Waals surface area contributed by atoms with Gasteiger partial charge in [0, 0.05) is 42.2 Å². The maximum Gasteiger partial charge on any atom is 0.178 e. The van der Waals surface area contributed by atoms with Gasteiger partial charge in [0.2, 0.25) is 0 Å². The molecule has 0 amide bonds. The summed E-state index contributed by atoms with van der Waals surface area (Å²) >= 11 is 0. The van der Waals surface area contributed by atoms with Crippen LogP contribution in [0.25, 0.3) is 5.57 Å². The van der Waals surface area contributed by atoms with Crippen molar-refractivity contribution < 1.29 is 0 Å². The number of aromatic nitrogens is 2. The summed E-state index contributed by atoms with van der Waals surface area (Å²) in [5.74, 6) is 2.70. The molecule has 4 aliphatic heterocycles. The third-order valence-electron chi connectivity index (χ3n) is 9.37. The smallest absolute Gasteiger partial charge is 0.178 e. The van der Waals surface area contributed by atoms with Gasteiger partial charge < -0.3 is 14.7 Å². The Morgan fingerprint density at radius 3 is 2.09 bits per heavy atom. The molecule has 43 heavy (non-hydrogen) atoms. The SMILES string of the molecule is C=C1c2ccccc2N2c3nccnc3N(C)C2C2C1c1ccccc1N1N=C(c3ccccc3)N(c3ccccc3)C21. The summed E-state index contributed by atoms with van der Waals surface area (Å²) < 4.78 is 0. The lowest BCUT2D eigenvalue weighted by atomic mass is 9.72. The van der Waals surface area contributed by atoms with E-state index in [1.807, 2.05) is 0 Å². The standard InChI is InChI=1S/C36H29N7/c1-23-26-17-9-11-19-28(26)42-34-33(37-21-22-38-34)40(2)35(42)31-30(23)27-18-10-12-20-29(27)43-36(31)41(25-15-7-4-8-16-25)32(39-43)24-13-5-3-6-14-24/h3-22,30-31,35-36H,1H2,2H3. The first-order chi connectivity index (χ1) is 21.2. The van der Waals surface area contributed by atoms with Crippen LogP contribution in [0.4, 0.5) is 28.7 Å².